The number of benzene rings is 1. The van der Waals surface area contributed by atoms with E-state index in [1.807, 2.05) is 0 Å². The third-order valence-electron chi connectivity index (χ3n) is 2.21. The SMILES string of the molecule is CCOC(=O)/C(N)=C/C(=O)NCc1ccccc1F. The van der Waals surface area contributed by atoms with E-state index < -0.39 is 17.7 Å². The number of carbonyl (C=O) groups is 2. The van der Waals surface area contributed by atoms with Gasteiger partial charge in [-0.15, -0.1) is 0 Å². The highest BCUT2D eigenvalue weighted by atomic mass is 19.1. The van der Waals surface area contributed by atoms with Crippen LogP contribution in [0.4, 0.5) is 4.39 Å². The predicted octanol–water partition coefficient (Wildman–Crippen LogP) is 0.848. The van der Waals surface area contributed by atoms with Crippen molar-refractivity contribution in [3.8, 4) is 0 Å². The Kier molecular flexibility index (Phi) is 5.53. The topological polar surface area (TPSA) is 81.4 Å². The number of ether oxygens (including phenoxy) is 1. The lowest BCUT2D eigenvalue weighted by atomic mass is 10.2. The second kappa shape index (κ2) is 7.15. The van der Waals surface area contributed by atoms with Crippen molar-refractivity contribution < 1.29 is 18.7 Å². The molecule has 102 valence electrons. The Labute approximate surface area is 110 Å². The predicted molar refractivity (Wildman–Crippen MR) is 67.2 cm³/mol. The van der Waals surface area contributed by atoms with Crippen molar-refractivity contribution in [1.82, 2.24) is 5.32 Å². The first kappa shape index (κ1) is 14.7. The fraction of sp³-hybridized carbons (Fsp3) is 0.231. The molecule has 0 radical (unpaired) electrons. The summed E-state index contributed by atoms with van der Waals surface area (Å²) in [4.78, 5) is 22.6. The van der Waals surface area contributed by atoms with Gasteiger partial charge in [0.05, 0.1) is 6.61 Å². The van der Waals surface area contributed by atoms with Gasteiger partial charge in [-0.1, -0.05) is 18.2 Å². The summed E-state index contributed by atoms with van der Waals surface area (Å²) in [5, 5.41) is 2.42. The molecule has 0 spiro atoms. The molecule has 6 heteroatoms. The summed E-state index contributed by atoms with van der Waals surface area (Å²) < 4.78 is 17.9. The van der Waals surface area contributed by atoms with Gasteiger partial charge in [0, 0.05) is 18.2 Å². The van der Waals surface area contributed by atoms with Gasteiger partial charge in [0.25, 0.3) is 0 Å². The molecule has 19 heavy (non-hydrogen) atoms. The van der Waals surface area contributed by atoms with Crippen molar-refractivity contribution in [2.24, 2.45) is 5.73 Å². The lowest BCUT2D eigenvalue weighted by Crippen LogP contribution is -2.24. The minimum Gasteiger partial charge on any atom is -0.461 e. The number of hydrogen-bond acceptors (Lipinski definition) is 4. The average molecular weight is 266 g/mol. The molecule has 0 atom stereocenters. The molecule has 0 aliphatic carbocycles. The van der Waals surface area contributed by atoms with Crippen LogP contribution in [0.2, 0.25) is 0 Å². The van der Waals surface area contributed by atoms with Crippen molar-refractivity contribution in [3.05, 3.63) is 47.4 Å². The Hall–Kier alpha value is -2.37. The quantitative estimate of drug-likeness (QED) is 0.611. The third-order valence-corrected chi connectivity index (χ3v) is 2.21. The van der Waals surface area contributed by atoms with Gasteiger partial charge in [-0.05, 0) is 13.0 Å². The van der Waals surface area contributed by atoms with Crippen LogP contribution in [0.1, 0.15) is 12.5 Å². The van der Waals surface area contributed by atoms with Crippen LogP contribution in [0.25, 0.3) is 0 Å². The summed E-state index contributed by atoms with van der Waals surface area (Å²) in [5.74, 6) is -1.76. The maximum absolute atomic E-state index is 13.3. The zero-order valence-electron chi connectivity index (χ0n) is 10.5. The molecule has 0 aromatic heterocycles. The van der Waals surface area contributed by atoms with Crippen LogP contribution in [-0.2, 0) is 20.9 Å². The van der Waals surface area contributed by atoms with Gasteiger partial charge in [-0.3, -0.25) is 4.79 Å². The minimum atomic E-state index is -0.761. The second-order valence-corrected chi connectivity index (χ2v) is 3.63. The van der Waals surface area contributed by atoms with Crippen LogP contribution in [0.15, 0.2) is 36.0 Å². The van der Waals surface area contributed by atoms with E-state index in [0.717, 1.165) is 6.08 Å². The minimum absolute atomic E-state index is 0.0120. The third kappa shape index (κ3) is 4.79. The summed E-state index contributed by atoms with van der Waals surface area (Å²) in [6.45, 7) is 1.81. The number of esters is 1. The van der Waals surface area contributed by atoms with Crippen molar-refractivity contribution in [2.45, 2.75) is 13.5 Å². The van der Waals surface area contributed by atoms with E-state index >= 15 is 0 Å². The van der Waals surface area contributed by atoms with Gasteiger partial charge < -0.3 is 15.8 Å². The molecule has 1 aromatic rings. The molecular weight excluding hydrogens is 251 g/mol. The number of carbonyl (C=O) groups excluding carboxylic acids is 2. The lowest BCUT2D eigenvalue weighted by molar-refractivity contribution is -0.138. The van der Waals surface area contributed by atoms with E-state index in [4.69, 9.17) is 5.73 Å². The molecule has 0 fully saturated rings. The first-order chi connectivity index (χ1) is 9.04. The molecule has 0 bridgehead atoms. The van der Waals surface area contributed by atoms with E-state index in [1.165, 1.54) is 6.07 Å². The molecule has 3 N–H and O–H groups in total. The number of amides is 1. The van der Waals surface area contributed by atoms with Gasteiger partial charge in [-0.2, -0.15) is 0 Å². The Morgan fingerprint density at radius 2 is 2.11 bits per heavy atom. The molecular formula is C13H15FN2O3. The highest BCUT2D eigenvalue weighted by Crippen LogP contribution is 2.05. The Balaban J connectivity index is 2.55. The average Bonchev–Trinajstić information content (AvgIpc) is 2.38. The molecule has 0 heterocycles. The summed E-state index contributed by atoms with van der Waals surface area (Å²) in [6.07, 6.45) is 0.916. The van der Waals surface area contributed by atoms with E-state index in [-0.39, 0.29) is 18.8 Å². The normalized spacial score (nSPS) is 10.9. The van der Waals surface area contributed by atoms with E-state index in [2.05, 4.69) is 10.1 Å². The van der Waals surface area contributed by atoms with Crippen molar-refractivity contribution in [3.63, 3.8) is 0 Å². The van der Waals surface area contributed by atoms with Crippen molar-refractivity contribution in [1.29, 1.82) is 0 Å². The van der Waals surface area contributed by atoms with Crippen LogP contribution in [-0.4, -0.2) is 18.5 Å². The Morgan fingerprint density at radius 1 is 1.42 bits per heavy atom. The lowest BCUT2D eigenvalue weighted by Gasteiger charge is -2.05. The van der Waals surface area contributed by atoms with E-state index in [0.29, 0.717) is 5.56 Å². The van der Waals surface area contributed by atoms with E-state index in [1.54, 1.807) is 25.1 Å². The van der Waals surface area contributed by atoms with Crippen LogP contribution < -0.4 is 11.1 Å². The van der Waals surface area contributed by atoms with Gasteiger partial charge >= 0.3 is 5.97 Å². The van der Waals surface area contributed by atoms with Crippen LogP contribution in [0.3, 0.4) is 0 Å². The van der Waals surface area contributed by atoms with Crippen LogP contribution in [0, 0.1) is 5.82 Å². The molecule has 0 saturated carbocycles. The number of nitrogens with two attached hydrogens (primary N) is 1. The van der Waals surface area contributed by atoms with Gasteiger partial charge in [0.1, 0.15) is 11.5 Å². The molecule has 0 aliphatic heterocycles. The number of nitrogens with one attached hydrogen (secondary N) is 1. The van der Waals surface area contributed by atoms with Crippen molar-refractivity contribution in [2.75, 3.05) is 6.61 Å². The standard InChI is InChI=1S/C13H15FN2O3/c1-2-19-13(18)11(15)7-12(17)16-8-9-5-3-4-6-10(9)14/h3-7H,2,8,15H2,1H3,(H,16,17)/b11-7-. The Morgan fingerprint density at radius 3 is 2.74 bits per heavy atom. The summed E-state index contributed by atoms with van der Waals surface area (Å²) in [7, 11) is 0. The van der Waals surface area contributed by atoms with Crippen molar-refractivity contribution >= 4 is 11.9 Å². The summed E-state index contributed by atoms with van der Waals surface area (Å²) in [5.41, 5.74) is 5.40. The first-order valence-corrected chi connectivity index (χ1v) is 5.70. The zero-order chi connectivity index (χ0) is 14.3. The molecule has 0 aliphatic rings. The van der Waals surface area contributed by atoms with Gasteiger partial charge in [-0.25, -0.2) is 9.18 Å². The zero-order valence-corrected chi connectivity index (χ0v) is 10.5. The first-order valence-electron chi connectivity index (χ1n) is 5.70. The number of halogens is 1. The number of hydrogen-bond donors (Lipinski definition) is 2. The number of rotatable bonds is 5. The smallest absolute Gasteiger partial charge is 0.354 e. The Bertz CT molecular complexity index is 500. The molecule has 0 saturated heterocycles. The van der Waals surface area contributed by atoms with Gasteiger partial charge in [0.15, 0.2) is 0 Å². The van der Waals surface area contributed by atoms with E-state index in [9.17, 15) is 14.0 Å². The van der Waals surface area contributed by atoms with Crippen LogP contribution in [0.5, 0.6) is 0 Å². The molecule has 0 unspecified atom stereocenters. The molecule has 1 amide bonds. The molecule has 1 rings (SSSR count). The second-order valence-electron chi connectivity index (χ2n) is 3.63. The highest BCUT2D eigenvalue weighted by Gasteiger charge is 2.08. The fourth-order valence-corrected chi connectivity index (χ4v) is 1.29. The fourth-order valence-electron chi connectivity index (χ4n) is 1.29. The highest BCUT2D eigenvalue weighted by molar-refractivity contribution is 5.97. The summed E-state index contributed by atoms with van der Waals surface area (Å²) in [6, 6.07) is 6.06. The summed E-state index contributed by atoms with van der Waals surface area (Å²) >= 11 is 0. The maximum atomic E-state index is 13.3. The maximum Gasteiger partial charge on any atom is 0.354 e. The monoisotopic (exact) mass is 266 g/mol. The molecule has 5 nitrogen and oxygen atoms in total. The van der Waals surface area contributed by atoms with Crippen LogP contribution >= 0.6 is 0 Å². The van der Waals surface area contributed by atoms with Gasteiger partial charge in [0.2, 0.25) is 5.91 Å². The largest absolute Gasteiger partial charge is 0.461 e. The molecule has 1 aromatic carbocycles.